The number of rotatable bonds is 7. The van der Waals surface area contributed by atoms with E-state index < -0.39 is 0 Å². The third-order valence-corrected chi connectivity index (χ3v) is 5.22. The highest BCUT2D eigenvalue weighted by Gasteiger charge is 2.27. The highest BCUT2D eigenvalue weighted by atomic mass is 16.5. The molecule has 0 saturated carbocycles. The summed E-state index contributed by atoms with van der Waals surface area (Å²) in [6.07, 6.45) is 3.56. The van der Waals surface area contributed by atoms with Crippen LogP contribution in [0.25, 0.3) is 0 Å². The molecule has 0 radical (unpaired) electrons. The molecule has 1 unspecified atom stereocenters. The maximum absolute atomic E-state index is 6.15. The first-order valence-electron chi connectivity index (χ1n) is 9.24. The quantitative estimate of drug-likeness (QED) is 0.827. The van der Waals surface area contributed by atoms with E-state index in [0.29, 0.717) is 17.9 Å². The van der Waals surface area contributed by atoms with E-state index in [4.69, 9.17) is 10.5 Å². The molecule has 1 aliphatic heterocycles. The fourth-order valence-electron chi connectivity index (χ4n) is 3.72. The molecule has 0 bridgehead atoms. The zero-order chi connectivity index (χ0) is 16.8. The first-order chi connectivity index (χ1) is 11.1. The Morgan fingerprint density at radius 1 is 1.26 bits per heavy atom. The van der Waals surface area contributed by atoms with Crippen LogP contribution < -0.4 is 10.5 Å². The lowest BCUT2D eigenvalue weighted by atomic mass is 9.79. The molecule has 0 spiro atoms. The van der Waals surface area contributed by atoms with Gasteiger partial charge in [-0.25, -0.2) is 0 Å². The second kappa shape index (κ2) is 8.70. The zero-order valence-electron chi connectivity index (χ0n) is 15.3. The van der Waals surface area contributed by atoms with E-state index >= 15 is 0 Å². The number of nitrogens with zero attached hydrogens (tertiary/aromatic N) is 1. The van der Waals surface area contributed by atoms with Gasteiger partial charge in [0.1, 0.15) is 5.75 Å². The summed E-state index contributed by atoms with van der Waals surface area (Å²) in [6.45, 7) is 12.8. The van der Waals surface area contributed by atoms with Gasteiger partial charge in [0.15, 0.2) is 0 Å². The monoisotopic (exact) mass is 318 g/mol. The highest BCUT2D eigenvalue weighted by molar-refractivity contribution is 5.38. The number of benzene rings is 1. The lowest BCUT2D eigenvalue weighted by molar-refractivity contribution is 0.138. The summed E-state index contributed by atoms with van der Waals surface area (Å²) in [7, 11) is 0. The van der Waals surface area contributed by atoms with E-state index in [2.05, 4.69) is 50.8 Å². The van der Waals surface area contributed by atoms with Gasteiger partial charge in [0.05, 0.1) is 6.61 Å². The smallest absolute Gasteiger partial charge is 0.122 e. The Hall–Kier alpha value is -1.06. The van der Waals surface area contributed by atoms with Crippen molar-refractivity contribution < 1.29 is 4.74 Å². The van der Waals surface area contributed by atoms with E-state index in [1.54, 1.807) is 0 Å². The third kappa shape index (κ3) is 4.71. The van der Waals surface area contributed by atoms with Crippen molar-refractivity contribution in [1.82, 2.24) is 4.90 Å². The van der Waals surface area contributed by atoms with Gasteiger partial charge < -0.3 is 15.4 Å². The minimum atomic E-state index is 0.475. The highest BCUT2D eigenvalue weighted by Crippen LogP contribution is 2.34. The van der Waals surface area contributed by atoms with Crippen molar-refractivity contribution in [3.05, 3.63) is 29.3 Å². The molecule has 0 amide bonds. The normalized spacial score (nSPS) is 18.3. The number of hydrogen-bond donors (Lipinski definition) is 1. The molecule has 1 saturated heterocycles. The van der Waals surface area contributed by atoms with Crippen LogP contribution in [0.5, 0.6) is 5.75 Å². The van der Waals surface area contributed by atoms with Gasteiger partial charge in [0, 0.05) is 6.04 Å². The molecule has 23 heavy (non-hydrogen) atoms. The Kier molecular flexibility index (Phi) is 6.91. The van der Waals surface area contributed by atoms with Crippen LogP contribution in [0.1, 0.15) is 57.1 Å². The van der Waals surface area contributed by atoms with Crippen LogP contribution in [-0.2, 0) is 0 Å². The summed E-state index contributed by atoms with van der Waals surface area (Å²) in [6, 6.07) is 7.30. The fraction of sp³-hybridized carbons (Fsp3) is 0.700. The predicted molar refractivity (Wildman–Crippen MR) is 98.2 cm³/mol. The first kappa shape index (κ1) is 18.3. The molecule has 0 aromatic heterocycles. The molecular formula is C20H34N2O. The van der Waals surface area contributed by atoms with Crippen molar-refractivity contribution >= 4 is 0 Å². The van der Waals surface area contributed by atoms with Gasteiger partial charge in [-0.1, -0.05) is 19.1 Å². The molecule has 2 rings (SSSR count). The van der Waals surface area contributed by atoms with Gasteiger partial charge >= 0.3 is 0 Å². The maximum atomic E-state index is 6.15. The van der Waals surface area contributed by atoms with Gasteiger partial charge in [0.25, 0.3) is 0 Å². The lowest BCUT2D eigenvalue weighted by Gasteiger charge is -2.38. The summed E-state index contributed by atoms with van der Waals surface area (Å²) in [5.74, 6) is 2.20. The van der Waals surface area contributed by atoms with Crippen molar-refractivity contribution in [2.45, 2.75) is 58.9 Å². The molecule has 1 aromatic rings. The predicted octanol–water partition coefficient (Wildman–Crippen LogP) is 3.95. The van der Waals surface area contributed by atoms with E-state index in [0.717, 1.165) is 25.3 Å². The van der Waals surface area contributed by atoms with Crippen molar-refractivity contribution in [3.8, 4) is 5.75 Å². The summed E-state index contributed by atoms with van der Waals surface area (Å²) in [5, 5.41) is 0. The average Bonchev–Trinajstić information content (AvgIpc) is 2.55. The number of piperidine rings is 1. The number of likely N-dealkylation sites (tertiary alicyclic amines) is 1. The van der Waals surface area contributed by atoms with Crippen molar-refractivity contribution in [2.75, 3.05) is 26.2 Å². The van der Waals surface area contributed by atoms with Crippen LogP contribution in [0.3, 0.4) is 0 Å². The minimum Gasteiger partial charge on any atom is -0.493 e. The molecule has 1 aromatic carbocycles. The van der Waals surface area contributed by atoms with Crippen molar-refractivity contribution in [3.63, 3.8) is 0 Å². The van der Waals surface area contributed by atoms with Crippen LogP contribution in [0.15, 0.2) is 18.2 Å². The lowest BCUT2D eigenvalue weighted by Crippen LogP contribution is -2.40. The average molecular weight is 319 g/mol. The molecule has 3 heteroatoms. The Labute approximate surface area is 142 Å². The number of hydrogen-bond acceptors (Lipinski definition) is 3. The van der Waals surface area contributed by atoms with Crippen LogP contribution in [0.4, 0.5) is 0 Å². The molecule has 1 fully saturated rings. The molecule has 1 heterocycles. The molecule has 2 N–H and O–H groups in total. The molecular weight excluding hydrogens is 284 g/mol. The van der Waals surface area contributed by atoms with E-state index in [-0.39, 0.29) is 0 Å². The van der Waals surface area contributed by atoms with Gasteiger partial charge in [-0.3, -0.25) is 0 Å². The second-order valence-electron chi connectivity index (χ2n) is 7.18. The van der Waals surface area contributed by atoms with Gasteiger partial charge in [-0.15, -0.1) is 0 Å². The van der Waals surface area contributed by atoms with Crippen molar-refractivity contribution in [1.29, 1.82) is 0 Å². The Bertz CT molecular complexity index is 479. The maximum Gasteiger partial charge on any atom is 0.122 e. The Morgan fingerprint density at radius 3 is 2.48 bits per heavy atom. The van der Waals surface area contributed by atoms with Gasteiger partial charge in [-0.2, -0.15) is 0 Å². The van der Waals surface area contributed by atoms with E-state index in [1.165, 1.54) is 37.1 Å². The standard InChI is InChI=1S/C20H34N2O/c1-5-12-23-20-7-6-18(13-16(20)4)19(14-21)17-8-10-22(11-9-17)15(2)3/h6-7,13,15,17,19H,5,8-12,14,21H2,1-4H3. The zero-order valence-corrected chi connectivity index (χ0v) is 15.3. The number of nitrogens with two attached hydrogens (primary N) is 1. The Morgan fingerprint density at radius 2 is 1.96 bits per heavy atom. The van der Waals surface area contributed by atoms with E-state index in [1.807, 2.05) is 0 Å². The topological polar surface area (TPSA) is 38.5 Å². The summed E-state index contributed by atoms with van der Waals surface area (Å²) in [5.41, 5.74) is 8.77. The van der Waals surface area contributed by atoms with Crippen LogP contribution in [-0.4, -0.2) is 37.2 Å². The SMILES string of the molecule is CCCOc1ccc(C(CN)C2CCN(C(C)C)CC2)cc1C. The second-order valence-corrected chi connectivity index (χ2v) is 7.18. The van der Waals surface area contributed by atoms with Gasteiger partial charge in [0.2, 0.25) is 0 Å². The van der Waals surface area contributed by atoms with Crippen molar-refractivity contribution in [2.24, 2.45) is 11.7 Å². The molecule has 130 valence electrons. The summed E-state index contributed by atoms with van der Waals surface area (Å²) >= 11 is 0. The number of aryl methyl sites for hydroxylation is 1. The van der Waals surface area contributed by atoms with E-state index in [9.17, 15) is 0 Å². The fourth-order valence-corrected chi connectivity index (χ4v) is 3.72. The van der Waals surface area contributed by atoms with Gasteiger partial charge in [-0.05, 0) is 88.7 Å². The van der Waals surface area contributed by atoms with Crippen LogP contribution in [0, 0.1) is 12.8 Å². The molecule has 1 atom stereocenters. The van der Waals surface area contributed by atoms with Crippen LogP contribution in [0.2, 0.25) is 0 Å². The largest absolute Gasteiger partial charge is 0.493 e. The minimum absolute atomic E-state index is 0.475. The molecule has 0 aliphatic carbocycles. The Balaban J connectivity index is 2.05. The summed E-state index contributed by atoms with van der Waals surface area (Å²) < 4.78 is 5.80. The number of ether oxygens (including phenoxy) is 1. The molecule has 1 aliphatic rings. The summed E-state index contributed by atoms with van der Waals surface area (Å²) in [4.78, 5) is 2.58. The third-order valence-electron chi connectivity index (χ3n) is 5.22. The molecule has 3 nitrogen and oxygen atoms in total. The van der Waals surface area contributed by atoms with Crippen LogP contribution >= 0.6 is 0 Å². The first-order valence-corrected chi connectivity index (χ1v) is 9.24.